The first-order valence-corrected chi connectivity index (χ1v) is 38.4. The molecule has 0 amide bonds. The summed E-state index contributed by atoms with van der Waals surface area (Å²) in [4.78, 5) is 45.2. The van der Waals surface area contributed by atoms with E-state index in [1.54, 1.807) is 0 Å². The summed E-state index contributed by atoms with van der Waals surface area (Å²) in [5.41, 5.74) is 27.6. The van der Waals surface area contributed by atoms with Crippen LogP contribution in [0.4, 0.5) is 0 Å². The summed E-state index contributed by atoms with van der Waals surface area (Å²) >= 11 is 0. The van der Waals surface area contributed by atoms with Crippen LogP contribution in [0.1, 0.15) is 105 Å². The molecule has 0 bridgehead atoms. The monoisotopic (exact) mass is 2080 g/mol. The predicted molar refractivity (Wildman–Crippen MR) is 468 cm³/mol. The molecule has 7 heterocycles. The number of para-hydroxylation sites is 2. The van der Waals surface area contributed by atoms with Gasteiger partial charge in [0, 0.05) is 125 Å². The van der Waals surface area contributed by atoms with E-state index in [0.29, 0.717) is 0 Å². The molecule has 0 spiro atoms. The zero-order valence-corrected chi connectivity index (χ0v) is 76.1. The number of nitrogens with zero attached hydrogens (tertiary/aromatic N) is 5. The van der Waals surface area contributed by atoms with E-state index in [-0.39, 0.29) is 107 Å². The van der Waals surface area contributed by atoms with Gasteiger partial charge in [0.15, 0.2) is 36.6 Å². The Morgan fingerprint density at radius 1 is 0.402 bits per heavy atom. The van der Waals surface area contributed by atoms with Crippen molar-refractivity contribution >= 4 is 71.7 Å². The first-order valence-electron chi connectivity index (χ1n) is 38.4. The van der Waals surface area contributed by atoms with Crippen LogP contribution in [0.25, 0.3) is 111 Å². The largest absolute Gasteiger partial charge is 0.512 e. The number of rotatable bonds is 8. The van der Waals surface area contributed by atoms with Gasteiger partial charge in [0.05, 0.1) is 50.3 Å². The van der Waals surface area contributed by atoms with Crippen LogP contribution in [0.15, 0.2) is 296 Å². The number of fused-ring (bicyclic) bond motifs is 13. The number of ketones is 3. The maximum absolute atomic E-state index is 11.0. The van der Waals surface area contributed by atoms with Gasteiger partial charge in [-0.05, 0) is 147 Å². The van der Waals surface area contributed by atoms with Crippen molar-refractivity contribution in [1.29, 1.82) is 0 Å². The Kier molecular flexibility index (Phi) is 35.2. The Morgan fingerprint density at radius 2 is 0.846 bits per heavy atom. The molecule has 3 radical (unpaired) electrons. The smallest absolute Gasteiger partial charge is 0.221 e. The fourth-order valence-corrected chi connectivity index (χ4v) is 13.5. The van der Waals surface area contributed by atoms with Gasteiger partial charge in [0.1, 0.15) is 0 Å². The normalized spacial score (nSPS) is 11.3. The first-order chi connectivity index (χ1) is 54.6. The molecule has 0 saturated carbocycles. The number of aliphatic hydroxyl groups is 3. The third-order valence-electron chi connectivity index (χ3n) is 18.8. The number of hydrogen-bond donors (Lipinski definition) is 3. The molecule has 2 aliphatic rings. The summed E-state index contributed by atoms with van der Waals surface area (Å²) in [5.74, 6) is 0.0356. The van der Waals surface area contributed by atoms with Crippen molar-refractivity contribution in [2.45, 2.75) is 117 Å². The molecule has 0 aliphatic carbocycles. The van der Waals surface area contributed by atoms with Crippen LogP contribution >= 0.6 is 0 Å². The summed E-state index contributed by atoms with van der Waals surface area (Å²) < 4.78 is 4.78. The second-order valence-corrected chi connectivity index (χ2v) is 29.5. The van der Waals surface area contributed by atoms with Gasteiger partial charge >= 0.3 is 0 Å². The number of aryl methyl sites for hydroxylation is 7. The van der Waals surface area contributed by atoms with Crippen molar-refractivity contribution in [1.82, 2.24) is 15.0 Å². The van der Waals surface area contributed by atoms with Gasteiger partial charge in [0.2, 0.25) is 16.9 Å². The van der Waals surface area contributed by atoms with Gasteiger partial charge in [-0.15, -0.1) is 106 Å². The topological polar surface area (TPSA) is 158 Å². The summed E-state index contributed by atoms with van der Waals surface area (Å²) in [7, 11) is 0. The molecule has 10 aromatic carbocycles. The molecule has 0 saturated heterocycles. The van der Waals surface area contributed by atoms with Crippen molar-refractivity contribution in [3.8, 4) is 56.3 Å². The zero-order chi connectivity index (χ0) is 81.7. The van der Waals surface area contributed by atoms with E-state index in [4.69, 9.17) is 20.2 Å². The molecule has 3 N–H and O–H groups in total. The summed E-state index contributed by atoms with van der Waals surface area (Å²) in [6.45, 7) is 29.7. The molecule has 17 rings (SSSR count). The second kappa shape index (κ2) is 44.2. The SMILES string of the molecule is CC(=O)C=C(C)O.CC(=O)C=C(C)O.CC(C)C(=O)C=C(O)C(C)C.Cc1[c-]c(-c2ccc3ccc(C)cc3n2)cc(C)c1.Cc1[c-]c(-c2ccc3ccccc3n2)cc(C)c1.Cc1cc2ccccc2[n+]2c1-c1ccccc1C2.Cc1ccc2ccc(-c3[c-]cccc3)nc2c1.[Ir].[Ir].[Ir].c1ccc2c(c1)C[n+]1ccc3ccccc3c1-2. The Labute approximate surface area is 729 Å². The molecule has 14 heteroatoms. The van der Waals surface area contributed by atoms with Crippen molar-refractivity contribution in [2.75, 3.05) is 0 Å². The van der Waals surface area contributed by atoms with Gasteiger partial charge in [0.25, 0.3) is 0 Å². The predicted octanol–water partition coefficient (Wildman–Crippen LogP) is 24.0. The van der Waals surface area contributed by atoms with Gasteiger partial charge in [-0.1, -0.05) is 201 Å². The van der Waals surface area contributed by atoms with Crippen LogP contribution < -0.4 is 9.13 Å². The molecule has 2 aliphatic heterocycles. The van der Waals surface area contributed by atoms with E-state index < -0.39 is 0 Å². The number of pyridine rings is 5. The molecule has 5 aromatic heterocycles. The maximum Gasteiger partial charge on any atom is 0.221 e. The minimum Gasteiger partial charge on any atom is -0.512 e. The molecule has 0 unspecified atom stereocenters. The number of carbonyl (C=O) groups excluding carboxylic acids is 3. The van der Waals surface area contributed by atoms with Gasteiger partial charge in [-0.3, -0.25) is 29.3 Å². The number of allylic oxidation sites excluding steroid dienone is 6. The van der Waals surface area contributed by atoms with Crippen LogP contribution in [-0.2, 0) is 87.8 Å². The van der Waals surface area contributed by atoms with Crippen LogP contribution in [0, 0.1) is 78.5 Å². The van der Waals surface area contributed by atoms with Gasteiger partial charge < -0.3 is 15.3 Å². The van der Waals surface area contributed by atoms with E-state index in [1.165, 1.54) is 145 Å². The average molecular weight is 2080 g/mol. The molecule has 0 fully saturated rings. The number of carbonyl (C=O) groups is 3. The minimum atomic E-state index is -0.125. The van der Waals surface area contributed by atoms with E-state index in [0.717, 1.165) is 74.5 Å². The Morgan fingerprint density at radius 3 is 1.34 bits per heavy atom. The van der Waals surface area contributed by atoms with E-state index >= 15 is 0 Å². The van der Waals surface area contributed by atoms with Gasteiger partial charge in [-0.2, -0.15) is 9.13 Å². The van der Waals surface area contributed by atoms with Crippen LogP contribution in [0.5, 0.6) is 0 Å². The third kappa shape index (κ3) is 26.2. The Hall–Kier alpha value is -11.2. The number of benzene rings is 10. The fourth-order valence-electron chi connectivity index (χ4n) is 13.5. The summed E-state index contributed by atoms with van der Waals surface area (Å²) in [5, 5.41) is 33.4. The third-order valence-corrected chi connectivity index (χ3v) is 18.8. The van der Waals surface area contributed by atoms with Crippen LogP contribution in [0.2, 0.25) is 0 Å². The average Bonchev–Trinajstić information content (AvgIpc) is 1.61. The van der Waals surface area contributed by atoms with Gasteiger partial charge in [-0.25, -0.2) is 0 Å². The fraction of sp³-hybridized carbons (Fsp3) is 0.184. The summed E-state index contributed by atoms with van der Waals surface area (Å²) in [6, 6.07) is 98.9. The quantitative estimate of drug-likeness (QED) is 0.0583. The Bertz CT molecular complexity index is 6010. The van der Waals surface area contributed by atoms with E-state index in [2.05, 4.69) is 293 Å². The second-order valence-electron chi connectivity index (χ2n) is 29.5. The number of aliphatic hydroxyl groups excluding tert-OH is 3. The number of hydrogen-bond acceptors (Lipinski definition) is 9. The summed E-state index contributed by atoms with van der Waals surface area (Å²) in [6.07, 6.45) is 5.84. The van der Waals surface area contributed by atoms with Crippen molar-refractivity contribution in [3.63, 3.8) is 0 Å². The van der Waals surface area contributed by atoms with E-state index in [9.17, 15) is 19.5 Å². The molecule has 11 nitrogen and oxygen atoms in total. The van der Waals surface area contributed by atoms with Crippen LogP contribution in [-0.4, -0.2) is 47.6 Å². The first kappa shape index (κ1) is 93.0. The minimum absolute atomic E-state index is 0. The standard InChI is InChI=1S/C18H16N.2C17H14N.2C16H12N.C9H16O2.2C5H8O2.3Ir/c1-12-4-5-15-6-7-17(19-18(15)11-12)16-9-13(2)8-14(3)10-16;1-12-10-13-6-3-5-9-16(13)18-11-14-7-2-4-8-15(14)17(12)18;1-12-9-13(2)11-15(10-12)17-8-7-14-5-3-4-6-16(14)18-17;1-3-7-14-12(5-1)9-10-17-11-13-6-2-4-8-15(13)16(14)17;1-12-7-8-14-9-10-15(17-16(14)11-12)13-5-3-2-4-6-13;1-6(2)8(10)5-9(11)7(3)4;2*1-4(6)3-5(2)7;;;/h4-9,11H,1-3H3;2-10H,11H2,1H3;3-10H,1-2H3;1-10H,11H2;2-5,7-11H,1H3;5-7,10H,1-4H3;2*3,6H,1-2H3;;;/q-1;+1;-1;+1;-1;;;;;;. The van der Waals surface area contributed by atoms with Crippen LogP contribution in [0.3, 0.4) is 0 Å². The van der Waals surface area contributed by atoms with Crippen molar-refractivity contribution in [3.05, 3.63) is 365 Å². The zero-order valence-electron chi connectivity index (χ0n) is 68.9. The van der Waals surface area contributed by atoms with Crippen molar-refractivity contribution < 1.29 is 99.2 Å². The Balaban J connectivity index is 0.000000188. The number of aromatic nitrogens is 5. The molecular formula is C103H100Ir3N5O6-. The van der Waals surface area contributed by atoms with E-state index in [1.807, 2.05) is 76.2 Å². The molecular weight excluding hydrogens is 1980 g/mol. The molecule has 117 heavy (non-hydrogen) atoms. The maximum atomic E-state index is 11.0. The molecule has 0 atom stereocenters. The molecule has 601 valence electrons. The molecule has 15 aromatic rings. The van der Waals surface area contributed by atoms with Crippen molar-refractivity contribution in [2.24, 2.45) is 11.8 Å².